The van der Waals surface area contributed by atoms with Crippen LogP contribution in [0, 0.1) is 0 Å². The molecule has 6 nitrogen and oxygen atoms in total. The topological polar surface area (TPSA) is 87.1 Å². The molecule has 0 aromatic heterocycles. The van der Waals surface area contributed by atoms with Gasteiger partial charge in [-0.3, -0.25) is 9.69 Å². The average Bonchev–Trinajstić information content (AvgIpc) is 2.74. The minimum atomic E-state index is -0.941. The van der Waals surface area contributed by atoms with Gasteiger partial charge in [-0.25, -0.2) is 4.79 Å². The second kappa shape index (κ2) is 12.4. The molecule has 0 unspecified atom stereocenters. The van der Waals surface area contributed by atoms with E-state index in [2.05, 4.69) is 11.5 Å². The highest BCUT2D eigenvalue weighted by atomic mass is 16.5. The van der Waals surface area contributed by atoms with Crippen molar-refractivity contribution in [2.45, 2.75) is 32.2 Å². The first kappa shape index (κ1) is 23.2. The molecule has 6 heteroatoms. The number of aliphatic carboxylic acids is 1. The van der Waals surface area contributed by atoms with Gasteiger partial charge < -0.3 is 14.9 Å². The quantitative estimate of drug-likeness (QED) is 0.357. The zero-order chi connectivity index (χ0) is 21.8. The summed E-state index contributed by atoms with van der Waals surface area (Å²) in [6, 6.07) is 14.8. The molecule has 2 rings (SSSR count). The first-order valence-electron chi connectivity index (χ1n) is 10.1. The molecule has 0 amide bonds. The molecule has 2 N–H and O–H groups in total. The van der Waals surface area contributed by atoms with E-state index in [-0.39, 0.29) is 12.0 Å². The largest absolute Gasteiger partial charge is 0.489 e. The Balaban J connectivity index is 2.02. The van der Waals surface area contributed by atoms with Gasteiger partial charge >= 0.3 is 11.9 Å². The molecule has 0 atom stereocenters. The van der Waals surface area contributed by atoms with E-state index in [9.17, 15) is 9.59 Å². The van der Waals surface area contributed by atoms with E-state index >= 15 is 0 Å². The first-order valence-corrected chi connectivity index (χ1v) is 10.1. The van der Waals surface area contributed by atoms with Crippen molar-refractivity contribution >= 4 is 11.9 Å². The van der Waals surface area contributed by atoms with Gasteiger partial charge in [-0.05, 0) is 55.1 Å². The van der Waals surface area contributed by atoms with Crippen LogP contribution < -0.4 is 4.74 Å². The number of carbonyl (C=O) groups is 2. The summed E-state index contributed by atoms with van der Waals surface area (Å²) in [5, 5.41) is 17.9. The summed E-state index contributed by atoms with van der Waals surface area (Å²) in [6.45, 7) is 6.35. The number of unbranched alkanes of at least 4 members (excludes halogenated alkanes) is 1. The number of nitrogens with zero attached hydrogens (tertiary/aromatic N) is 1. The van der Waals surface area contributed by atoms with Gasteiger partial charge in [-0.2, -0.15) is 0 Å². The number of rotatable bonds is 14. The molecular weight excluding hydrogens is 382 g/mol. The number of ether oxygens (including phenoxy) is 1. The molecule has 2 aromatic carbocycles. The molecule has 0 saturated carbocycles. The number of para-hydroxylation sites is 1. The summed E-state index contributed by atoms with van der Waals surface area (Å²) in [6.07, 6.45) is 4.09. The van der Waals surface area contributed by atoms with Gasteiger partial charge in [0, 0.05) is 19.5 Å². The lowest BCUT2D eigenvalue weighted by atomic mass is 10.1. The fourth-order valence-electron chi connectivity index (χ4n) is 3.17. The van der Waals surface area contributed by atoms with Crippen molar-refractivity contribution in [1.29, 1.82) is 0 Å². The highest BCUT2D eigenvalue weighted by Crippen LogP contribution is 2.19. The lowest BCUT2D eigenvalue weighted by molar-refractivity contribution is -0.137. The smallest absolute Gasteiger partial charge is 0.335 e. The molecule has 0 aliphatic heterocycles. The van der Waals surface area contributed by atoms with Crippen LogP contribution in [0.4, 0.5) is 0 Å². The van der Waals surface area contributed by atoms with Crippen molar-refractivity contribution in [1.82, 2.24) is 4.90 Å². The van der Waals surface area contributed by atoms with Crippen LogP contribution in [-0.2, 0) is 17.8 Å². The van der Waals surface area contributed by atoms with Gasteiger partial charge in [-0.1, -0.05) is 43.0 Å². The Morgan fingerprint density at radius 2 is 1.73 bits per heavy atom. The second-order valence-corrected chi connectivity index (χ2v) is 7.09. The third-order valence-electron chi connectivity index (χ3n) is 4.75. The van der Waals surface area contributed by atoms with Gasteiger partial charge in [0.05, 0.1) is 5.56 Å². The number of hydrogen-bond donors (Lipinski definition) is 2. The maximum Gasteiger partial charge on any atom is 0.335 e. The molecular formula is C24H29NO5. The van der Waals surface area contributed by atoms with Crippen LogP contribution in [0.2, 0.25) is 0 Å². The van der Waals surface area contributed by atoms with E-state index in [1.54, 1.807) is 18.2 Å². The highest BCUT2D eigenvalue weighted by molar-refractivity contribution is 5.87. The number of carboxylic acid groups (broad SMARTS) is 2. The summed E-state index contributed by atoms with van der Waals surface area (Å²) in [5.41, 5.74) is 2.39. The lowest BCUT2D eigenvalue weighted by Gasteiger charge is -2.23. The van der Waals surface area contributed by atoms with E-state index in [1.807, 2.05) is 36.4 Å². The Morgan fingerprint density at radius 1 is 1.00 bits per heavy atom. The molecule has 30 heavy (non-hydrogen) atoms. The Labute approximate surface area is 177 Å². The Hall–Kier alpha value is -3.12. The summed E-state index contributed by atoms with van der Waals surface area (Å²) in [4.78, 5) is 24.1. The predicted octanol–water partition coefficient (Wildman–Crippen LogP) is 4.25. The van der Waals surface area contributed by atoms with Gasteiger partial charge in [0.2, 0.25) is 0 Å². The number of benzene rings is 2. The maximum atomic E-state index is 11.1. The van der Waals surface area contributed by atoms with Crippen LogP contribution in [0.15, 0.2) is 61.2 Å². The molecule has 0 aliphatic rings. The third kappa shape index (κ3) is 8.09. The molecule has 0 heterocycles. The van der Waals surface area contributed by atoms with Crippen LogP contribution in [-0.4, -0.2) is 46.7 Å². The van der Waals surface area contributed by atoms with Crippen LogP contribution in [0.25, 0.3) is 0 Å². The fraction of sp³-hybridized carbons (Fsp3) is 0.333. The summed E-state index contributed by atoms with van der Waals surface area (Å²) in [5.74, 6) is -0.878. The Bertz CT molecular complexity index is 832. The zero-order valence-electron chi connectivity index (χ0n) is 17.1. The van der Waals surface area contributed by atoms with Crippen LogP contribution in [0.1, 0.15) is 40.7 Å². The average molecular weight is 411 g/mol. The molecule has 0 saturated heterocycles. The van der Waals surface area contributed by atoms with E-state index in [1.165, 1.54) is 0 Å². The van der Waals surface area contributed by atoms with E-state index < -0.39 is 11.9 Å². The summed E-state index contributed by atoms with van der Waals surface area (Å²) >= 11 is 0. The van der Waals surface area contributed by atoms with Crippen molar-refractivity contribution in [3.05, 3.63) is 77.9 Å². The standard InChI is InChI=1S/C24H29NO5/c1-2-17-30-22-8-4-3-7-20(22)14-16-25(15-6-5-9-23(26)27)18-19-10-12-21(13-11-19)24(28)29/h2-4,7-8,10-13H,1,5-6,9,14-18H2,(H,26,27)(H,28,29). The van der Waals surface area contributed by atoms with E-state index in [0.717, 1.165) is 42.8 Å². The molecule has 2 aromatic rings. The minimum absolute atomic E-state index is 0.166. The van der Waals surface area contributed by atoms with Crippen molar-refractivity contribution in [2.24, 2.45) is 0 Å². The van der Waals surface area contributed by atoms with Crippen LogP contribution >= 0.6 is 0 Å². The maximum absolute atomic E-state index is 11.1. The van der Waals surface area contributed by atoms with Gasteiger partial charge in [0.15, 0.2) is 0 Å². The molecule has 160 valence electrons. The van der Waals surface area contributed by atoms with Gasteiger partial charge in [0.25, 0.3) is 0 Å². The molecule has 0 fully saturated rings. The fourth-order valence-corrected chi connectivity index (χ4v) is 3.17. The Kier molecular flexibility index (Phi) is 9.61. The van der Waals surface area contributed by atoms with Crippen LogP contribution in [0.3, 0.4) is 0 Å². The van der Waals surface area contributed by atoms with Crippen molar-refractivity contribution in [3.8, 4) is 5.75 Å². The molecule has 0 spiro atoms. The van der Waals surface area contributed by atoms with Gasteiger partial charge in [0.1, 0.15) is 12.4 Å². The Morgan fingerprint density at radius 3 is 2.40 bits per heavy atom. The van der Waals surface area contributed by atoms with E-state index in [4.69, 9.17) is 14.9 Å². The third-order valence-corrected chi connectivity index (χ3v) is 4.75. The second-order valence-electron chi connectivity index (χ2n) is 7.09. The lowest BCUT2D eigenvalue weighted by Crippen LogP contribution is -2.27. The van der Waals surface area contributed by atoms with Crippen molar-refractivity contribution in [2.75, 3.05) is 19.7 Å². The SMILES string of the molecule is C=CCOc1ccccc1CCN(CCCCC(=O)O)Cc1ccc(C(=O)O)cc1. The molecule has 0 bridgehead atoms. The number of carboxylic acids is 2. The highest BCUT2D eigenvalue weighted by Gasteiger charge is 2.11. The van der Waals surface area contributed by atoms with Crippen molar-refractivity contribution in [3.63, 3.8) is 0 Å². The predicted molar refractivity (Wildman–Crippen MR) is 116 cm³/mol. The van der Waals surface area contributed by atoms with Gasteiger partial charge in [-0.15, -0.1) is 0 Å². The van der Waals surface area contributed by atoms with Crippen molar-refractivity contribution < 1.29 is 24.5 Å². The minimum Gasteiger partial charge on any atom is -0.489 e. The molecule has 0 radical (unpaired) electrons. The molecule has 0 aliphatic carbocycles. The number of aromatic carboxylic acids is 1. The summed E-state index contributed by atoms with van der Waals surface area (Å²) in [7, 11) is 0. The zero-order valence-corrected chi connectivity index (χ0v) is 17.1. The van der Waals surface area contributed by atoms with Crippen LogP contribution in [0.5, 0.6) is 5.75 Å². The van der Waals surface area contributed by atoms with E-state index in [0.29, 0.717) is 19.6 Å². The first-order chi connectivity index (χ1) is 14.5. The normalized spacial score (nSPS) is 10.7. The monoisotopic (exact) mass is 411 g/mol. The number of hydrogen-bond acceptors (Lipinski definition) is 4. The summed E-state index contributed by atoms with van der Waals surface area (Å²) < 4.78 is 5.74.